The minimum Gasteiger partial charge on any atom is -0.464 e. The summed E-state index contributed by atoms with van der Waals surface area (Å²) in [6, 6.07) is 11.6. The molecule has 1 N–H and O–H groups in total. The summed E-state index contributed by atoms with van der Waals surface area (Å²) in [4.78, 5) is 15.6. The smallest absolute Gasteiger partial charge is 0.302 e. The number of aromatic nitrogens is 2. The number of carbonyl (C=O) groups excluding carboxylic acids is 1. The standard InChI is InChI=1S/C17H15BrClN3O2/c1-11(23)24-9-8-20-17-16(12-2-4-13(18)5-3-12)21-15-7-6-14(19)10-22(15)17/h2-7,10,20H,8-9H2,1H3. The van der Waals surface area contributed by atoms with E-state index in [1.165, 1.54) is 6.92 Å². The van der Waals surface area contributed by atoms with Gasteiger partial charge in [0.25, 0.3) is 0 Å². The van der Waals surface area contributed by atoms with Gasteiger partial charge in [-0.15, -0.1) is 0 Å². The second kappa shape index (κ2) is 7.23. The Bertz CT molecular complexity index is 877. The van der Waals surface area contributed by atoms with Crippen molar-refractivity contribution in [3.05, 3.63) is 52.1 Å². The van der Waals surface area contributed by atoms with E-state index < -0.39 is 0 Å². The summed E-state index contributed by atoms with van der Waals surface area (Å²) in [7, 11) is 0. The first kappa shape index (κ1) is 16.8. The lowest BCUT2D eigenvalue weighted by molar-refractivity contribution is -0.140. The molecular formula is C17H15BrClN3O2. The molecule has 0 unspecified atom stereocenters. The van der Waals surface area contributed by atoms with E-state index >= 15 is 0 Å². The highest BCUT2D eigenvalue weighted by Crippen LogP contribution is 2.30. The zero-order chi connectivity index (χ0) is 17.1. The third kappa shape index (κ3) is 3.71. The maximum Gasteiger partial charge on any atom is 0.302 e. The summed E-state index contributed by atoms with van der Waals surface area (Å²) in [5.74, 6) is 0.507. The highest BCUT2D eigenvalue weighted by Gasteiger charge is 2.14. The van der Waals surface area contributed by atoms with Crippen molar-refractivity contribution in [2.45, 2.75) is 6.92 Å². The highest BCUT2D eigenvalue weighted by molar-refractivity contribution is 9.10. The summed E-state index contributed by atoms with van der Waals surface area (Å²) in [5, 5.41) is 3.90. The normalized spacial score (nSPS) is 10.8. The number of hydrogen-bond donors (Lipinski definition) is 1. The topological polar surface area (TPSA) is 55.6 Å². The summed E-state index contributed by atoms with van der Waals surface area (Å²) in [6.45, 7) is 2.15. The number of nitrogens with one attached hydrogen (secondary N) is 1. The Labute approximate surface area is 152 Å². The third-order valence-electron chi connectivity index (χ3n) is 3.40. The molecule has 24 heavy (non-hydrogen) atoms. The van der Waals surface area contributed by atoms with Gasteiger partial charge in [0.2, 0.25) is 0 Å². The molecule has 0 saturated carbocycles. The van der Waals surface area contributed by atoms with Gasteiger partial charge < -0.3 is 10.1 Å². The minimum absolute atomic E-state index is 0.281. The van der Waals surface area contributed by atoms with Crippen molar-refractivity contribution in [1.29, 1.82) is 0 Å². The predicted octanol–water partition coefficient (Wildman–Crippen LogP) is 4.39. The predicted molar refractivity (Wildman–Crippen MR) is 98.5 cm³/mol. The number of imidazole rings is 1. The van der Waals surface area contributed by atoms with Crippen molar-refractivity contribution >= 4 is 45.0 Å². The van der Waals surface area contributed by atoms with Gasteiger partial charge in [-0.3, -0.25) is 9.20 Å². The molecule has 0 spiro atoms. The summed E-state index contributed by atoms with van der Waals surface area (Å²) in [6.07, 6.45) is 1.81. The van der Waals surface area contributed by atoms with E-state index in [9.17, 15) is 4.79 Å². The number of fused-ring (bicyclic) bond motifs is 1. The van der Waals surface area contributed by atoms with Gasteiger partial charge in [-0.05, 0) is 24.3 Å². The van der Waals surface area contributed by atoms with Crippen LogP contribution in [0.5, 0.6) is 0 Å². The zero-order valence-corrected chi connectivity index (χ0v) is 15.3. The number of hydrogen-bond acceptors (Lipinski definition) is 4. The molecule has 3 aromatic rings. The molecule has 0 amide bonds. The number of carbonyl (C=O) groups is 1. The Morgan fingerprint density at radius 2 is 2.04 bits per heavy atom. The van der Waals surface area contributed by atoms with Crippen molar-refractivity contribution in [3.8, 4) is 11.3 Å². The van der Waals surface area contributed by atoms with Gasteiger partial charge in [0.1, 0.15) is 23.8 Å². The molecule has 124 valence electrons. The first-order valence-electron chi connectivity index (χ1n) is 7.35. The SMILES string of the molecule is CC(=O)OCCNc1c(-c2ccc(Br)cc2)nc2ccc(Cl)cn12. The van der Waals surface area contributed by atoms with Gasteiger partial charge in [0, 0.05) is 23.2 Å². The van der Waals surface area contributed by atoms with E-state index in [2.05, 4.69) is 26.2 Å². The molecule has 1 aromatic carbocycles. The molecule has 0 radical (unpaired) electrons. The average Bonchev–Trinajstić information content (AvgIpc) is 2.90. The largest absolute Gasteiger partial charge is 0.464 e. The number of rotatable bonds is 5. The highest BCUT2D eigenvalue weighted by atomic mass is 79.9. The third-order valence-corrected chi connectivity index (χ3v) is 4.15. The van der Waals surface area contributed by atoms with Crippen LogP contribution >= 0.6 is 27.5 Å². The van der Waals surface area contributed by atoms with E-state index in [0.717, 1.165) is 27.2 Å². The molecular weight excluding hydrogens is 394 g/mol. The van der Waals surface area contributed by atoms with Gasteiger partial charge in [0.15, 0.2) is 0 Å². The lowest BCUT2D eigenvalue weighted by Crippen LogP contribution is -2.13. The van der Waals surface area contributed by atoms with E-state index in [1.54, 1.807) is 12.3 Å². The van der Waals surface area contributed by atoms with E-state index in [0.29, 0.717) is 11.6 Å². The van der Waals surface area contributed by atoms with Crippen LogP contribution in [0, 0.1) is 0 Å². The van der Waals surface area contributed by atoms with Crippen LogP contribution in [0.3, 0.4) is 0 Å². The number of halogens is 2. The van der Waals surface area contributed by atoms with E-state index in [-0.39, 0.29) is 12.6 Å². The monoisotopic (exact) mass is 407 g/mol. The lowest BCUT2D eigenvalue weighted by Gasteiger charge is -2.09. The average molecular weight is 409 g/mol. The fourth-order valence-corrected chi connectivity index (χ4v) is 2.79. The fraction of sp³-hybridized carbons (Fsp3) is 0.176. The number of benzene rings is 1. The van der Waals surface area contributed by atoms with Crippen molar-refractivity contribution in [1.82, 2.24) is 9.38 Å². The molecule has 7 heteroatoms. The number of esters is 1. The number of anilines is 1. The number of pyridine rings is 1. The fourth-order valence-electron chi connectivity index (χ4n) is 2.36. The molecule has 0 aliphatic carbocycles. The van der Waals surface area contributed by atoms with E-state index in [1.807, 2.05) is 34.7 Å². The molecule has 0 aliphatic rings. The minimum atomic E-state index is -0.300. The molecule has 0 fully saturated rings. The van der Waals surface area contributed by atoms with Crippen LogP contribution in [0.4, 0.5) is 5.82 Å². The van der Waals surface area contributed by atoms with Crippen molar-refractivity contribution in [2.24, 2.45) is 0 Å². The van der Waals surface area contributed by atoms with E-state index in [4.69, 9.17) is 16.3 Å². The van der Waals surface area contributed by atoms with Crippen LogP contribution in [-0.4, -0.2) is 28.5 Å². The zero-order valence-electron chi connectivity index (χ0n) is 12.9. The van der Waals surface area contributed by atoms with Crippen LogP contribution in [0.2, 0.25) is 5.02 Å². The van der Waals surface area contributed by atoms with Crippen molar-refractivity contribution in [3.63, 3.8) is 0 Å². The molecule has 2 aromatic heterocycles. The maximum absolute atomic E-state index is 10.9. The molecule has 0 aliphatic heterocycles. The first-order valence-corrected chi connectivity index (χ1v) is 8.52. The Morgan fingerprint density at radius 3 is 2.75 bits per heavy atom. The Balaban J connectivity index is 1.98. The van der Waals surface area contributed by atoms with Gasteiger partial charge in [-0.2, -0.15) is 0 Å². The molecule has 0 bridgehead atoms. The summed E-state index contributed by atoms with van der Waals surface area (Å²) in [5.41, 5.74) is 2.58. The summed E-state index contributed by atoms with van der Waals surface area (Å²) >= 11 is 9.56. The van der Waals surface area contributed by atoms with Crippen molar-refractivity contribution < 1.29 is 9.53 Å². The first-order chi connectivity index (χ1) is 11.5. The Hall–Kier alpha value is -2.05. The van der Waals surface area contributed by atoms with Gasteiger partial charge in [0.05, 0.1) is 11.6 Å². The van der Waals surface area contributed by atoms with Gasteiger partial charge >= 0.3 is 5.97 Å². The molecule has 2 heterocycles. The van der Waals surface area contributed by atoms with Gasteiger partial charge in [-0.25, -0.2) is 4.98 Å². The lowest BCUT2D eigenvalue weighted by atomic mass is 10.1. The molecule has 0 atom stereocenters. The quantitative estimate of drug-likeness (QED) is 0.502. The molecule has 0 saturated heterocycles. The van der Waals surface area contributed by atoms with Crippen LogP contribution in [-0.2, 0) is 9.53 Å². The van der Waals surface area contributed by atoms with Crippen LogP contribution in [0.1, 0.15) is 6.92 Å². The Kier molecular flexibility index (Phi) is 5.06. The molecule has 5 nitrogen and oxygen atoms in total. The Morgan fingerprint density at radius 1 is 1.29 bits per heavy atom. The number of nitrogens with zero attached hydrogens (tertiary/aromatic N) is 2. The van der Waals surface area contributed by atoms with Crippen LogP contribution < -0.4 is 5.32 Å². The number of ether oxygens (including phenoxy) is 1. The van der Waals surface area contributed by atoms with Crippen LogP contribution in [0.25, 0.3) is 16.9 Å². The molecule has 3 rings (SSSR count). The van der Waals surface area contributed by atoms with Crippen LogP contribution in [0.15, 0.2) is 47.1 Å². The second-order valence-corrected chi connectivity index (χ2v) is 6.51. The second-order valence-electron chi connectivity index (χ2n) is 5.16. The van der Waals surface area contributed by atoms with Gasteiger partial charge in [-0.1, -0.05) is 39.7 Å². The van der Waals surface area contributed by atoms with Crippen molar-refractivity contribution in [2.75, 3.05) is 18.5 Å². The maximum atomic E-state index is 10.9. The summed E-state index contributed by atoms with van der Waals surface area (Å²) < 4.78 is 7.87.